The monoisotopic (exact) mass is 333 g/mol. The third-order valence-corrected chi connectivity index (χ3v) is 3.67. The fraction of sp³-hybridized carbons (Fsp3) is 0.316. The molecular formula is C19H21F2NO2. The van der Waals surface area contributed by atoms with Crippen LogP contribution in [0.4, 0.5) is 8.78 Å². The summed E-state index contributed by atoms with van der Waals surface area (Å²) < 4.78 is 28.7. The molecule has 0 heterocycles. The largest absolute Gasteiger partial charge is 0.435 e. The van der Waals surface area contributed by atoms with Crippen LogP contribution in [-0.4, -0.2) is 19.1 Å². The van der Waals surface area contributed by atoms with Gasteiger partial charge in [-0.3, -0.25) is 4.79 Å². The van der Waals surface area contributed by atoms with Crippen molar-refractivity contribution in [2.75, 3.05) is 6.54 Å². The Morgan fingerprint density at radius 1 is 1.12 bits per heavy atom. The maximum absolute atomic E-state index is 12.2. The van der Waals surface area contributed by atoms with Crippen molar-refractivity contribution < 1.29 is 18.3 Å². The number of hydrogen-bond acceptors (Lipinski definition) is 2. The minimum Gasteiger partial charge on any atom is -0.435 e. The van der Waals surface area contributed by atoms with Crippen LogP contribution in [0.3, 0.4) is 0 Å². The van der Waals surface area contributed by atoms with Crippen molar-refractivity contribution in [1.82, 2.24) is 5.32 Å². The molecule has 0 fully saturated rings. The number of amides is 1. The number of rotatable bonds is 7. The lowest BCUT2D eigenvalue weighted by Crippen LogP contribution is -2.25. The van der Waals surface area contributed by atoms with Gasteiger partial charge in [0.2, 0.25) is 0 Å². The van der Waals surface area contributed by atoms with E-state index < -0.39 is 6.61 Å². The molecule has 2 aromatic carbocycles. The first kappa shape index (κ1) is 17.9. The van der Waals surface area contributed by atoms with Crippen LogP contribution in [-0.2, 0) is 6.42 Å². The number of nitrogens with one attached hydrogen (secondary N) is 1. The highest BCUT2D eigenvalue weighted by molar-refractivity contribution is 5.94. The van der Waals surface area contributed by atoms with E-state index in [-0.39, 0.29) is 11.7 Å². The standard InChI is InChI=1S/C19H21F2NO2/c1-13(2)15-8-6-14(7-9-15)10-11-22-18(23)16-4-3-5-17(12-16)24-19(20)21/h3-9,12-13,19H,10-11H2,1-2H3,(H,22,23). The molecule has 24 heavy (non-hydrogen) atoms. The fourth-order valence-corrected chi connectivity index (χ4v) is 2.31. The van der Waals surface area contributed by atoms with Crippen LogP contribution in [0.15, 0.2) is 48.5 Å². The summed E-state index contributed by atoms with van der Waals surface area (Å²) in [6, 6.07) is 14.1. The topological polar surface area (TPSA) is 38.3 Å². The zero-order chi connectivity index (χ0) is 17.5. The first-order valence-electron chi connectivity index (χ1n) is 7.87. The van der Waals surface area contributed by atoms with E-state index in [0.29, 0.717) is 24.4 Å². The molecule has 0 aliphatic rings. The second-order valence-corrected chi connectivity index (χ2v) is 5.81. The van der Waals surface area contributed by atoms with Crippen molar-refractivity contribution in [2.24, 2.45) is 0 Å². The lowest BCUT2D eigenvalue weighted by Gasteiger charge is -2.09. The SMILES string of the molecule is CC(C)c1ccc(CCNC(=O)c2cccc(OC(F)F)c2)cc1. The van der Waals surface area contributed by atoms with Gasteiger partial charge in [-0.1, -0.05) is 44.2 Å². The maximum Gasteiger partial charge on any atom is 0.387 e. The summed E-state index contributed by atoms with van der Waals surface area (Å²) >= 11 is 0. The van der Waals surface area contributed by atoms with Gasteiger partial charge >= 0.3 is 6.61 Å². The number of carbonyl (C=O) groups excluding carboxylic acids is 1. The molecule has 1 N–H and O–H groups in total. The van der Waals surface area contributed by atoms with Crippen LogP contribution < -0.4 is 10.1 Å². The average molecular weight is 333 g/mol. The van der Waals surface area contributed by atoms with Crippen LogP contribution >= 0.6 is 0 Å². The second-order valence-electron chi connectivity index (χ2n) is 5.81. The molecular weight excluding hydrogens is 312 g/mol. The Bertz CT molecular complexity index is 669. The molecule has 128 valence electrons. The van der Waals surface area contributed by atoms with Gasteiger partial charge in [-0.05, 0) is 41.7 Å². The molecule has 0 bridgehead atoms. The summed E-state index contributed by atoms with van der Waals surface area (Å²) in [7, 11) is 0. The number of carbonyl (C=O) groups is 1. The zero-order valence-electron chi connectivity index (χ0n) is 13.8. The third kappa shape index (κ3) is 5.33. The number of benzene rings is 2. The van der Waals surface area contributed by atoms with E-state index in [2.05, 4.69) is 48.2 Å². The molecule has 0 aliphatic heterocycles. The molecule has 0 saturated carbocycles. The highest BCUT2D eigenvalue weighted by Gasteiger charge is 2.09. The van der Waals surface area contributed by atoms with Gasteiger partial charge in [-0.15, -0.1) is 0 Å². The number of hydrogen-bond donors (Lipinski definition) is 1. The minimum absolute atomic E-state index is 0.0260. The van der Waals surface area contributed by atoms with Crippen molar-refractivity contribution >= 4 is 5.91 Å². The van der Waals surface area contributed by atoms with E-state index in [0.717, 1.165) is 5.56 Å². The van der Waals surface area contributed by atoms with Crippen LogP contribution in [0.1, 0.15) is 41.3 Å². The predicted octanol–water partition coefficient (Wildman–Crippen LogP) is 4.38. The molecule has 0 spiro atoms. The lowest BCUT2D eigenvalue weighted by molar-refractivity contribution is -0.0498. The number of alkyl halides is 2. The quantitative estimate of drug-likeness (QED) is 0.816. The molecule has 2 aromatic rings. The second kappa shape index (κ2) is 8.43. The summed E-state index contributed by atoms with van der Waals surface area (Å²) in [5.41, 5.74) is 2.71. The lowest BCUT2D eigenvalue weighted by atomic mass is 10.0. The molecule has 0 aliphatic carbocycles. The predicted molar refractivity (Wildman–Crippen MR) is 89.6 cm³/mol. The molecule has 1 amide bonds. The normalized spacial score (nSPS) is 10.9. The average Bonchev–Trinajstić information content (AvgIpc) is 2.55. The Hall–Kier alpha value is -2.43. The molecule has 2 rings (SSSR count). The Morgan fingerprint density at radius 2 is 1.83 bits per heavy atom. The molecule has 0 radical (unpaired) electrons. The van der Waals surface area contributed by atoms with Gasteiger partial charge in [0.25, 0.3) is 5.91 Å². The molecule has 0 unspecified atom stereocenters. The van der Waals surface area contributed by atoms with Crippen molar-refractivity contribution in [1.29, 1.82) is 0 Å². The van der Waals surface area contributed by atoms with E-state index in [1.165, 1.54) is 23.8 Å². The van der Waals surface area contributed by atoms with E-state index in [1.54, 1.807) is 6.07 Å². The van der Waals surface area contributed by atoms with Gasteiger partial charge in [0.1, 0.15) is 5.75 Å². The maximum atomic E-state index is 12.2. The highest BCUT2D eigenvalue weighted by atomic mass is 19.3. The van der Waals surface area contributed by atoms with E-state index in [9.17, 15) is 13.6 Å². The molecule has 0 aromatic heterocycles. The van der Waals surface area contributed by atoms with Crippen molar-refractivity contribution in [3.05, 3.63) is 65.2 Å². The Labute approximate surface area is 140 Å². The van der Waals surface area contributed by atoms with Crippen molar-refractivity contribution in [2.45, 2.75) is 32.8 Å². The molecule has 5 heteroatoms. The van der Waals surface area contributed by atoms with Gasteiger partial charge < -0.3 is 10.1 Å². The van der Waals surface area contributed by atoms with Crippen LogP contribution in [0.2, 0.25) is 0 Å². The van der Waals surface area contributed by atoms with Gasteiger partial charge in [0.05, 0.1) is 0 Å². The number of ether oxygens (including phenoxy) is 1. The Morgan fingerprint density at radius 3 is 2.46 bits per heavy atom. The molecule has 0 saturated heterocycles. The summed E-state index contributed by atoms with van der Waals surface area (Å²) in [5, 5.41) is 2.78. The van der Waals surface area contributed by atoms with Gasteiger partial charge in [0.15, 0.2) is 0 Å². The first-order valence-corrected chi connectivity index (χ1v) is 7.87. The smallest absolute Gasteiger partial charge is 0.387 e. The van der Waals surface area contributed by atoms with Gasteiger partial charge in [0, 0.05) is 12.1 Å². The van der Waals surface area contributed by atoms with E-state index in [1.807, 2.05) is 0 Å². The van der Waals surface area contributed by atoms with Crippen LogP contribution in [0, 0.1) is 0 Å². The Balaban J connectivity index is 1.86. The minimum atomic E-state index is -2.91. The van der Waals surface area contributed by atoms with Crippen molar-refractivity contribution in [3.63, 3.8) is 0 Å². The molecule has 0 atom stereocenters. The summed E-state index contributed by atoms with van der Waals surface area (Å²) in [6.07, 6.45) is 0.706. The third-order valence-electron chi connectivity index (χ3n) is 3.67. The van der Waals surface area contributed by atoms with Crippen LogP contribution in [0.25, 0.3) is 0 Å². The number of halogens is 2. The van der Waals surface area contributed by atoms with E-state index in [4.69, 9.17) is 0 Å². The van der Waals surface area contributed by atoms with Gasteiger partial charge in [-0.2, -0.15) is 8.78 Å². The zero-order valence-corrected chi connectivity index (χ0v) is 13.8. The van der Waals surface area contributed by atoms with Crippen molar-refractivity contribution in [3.8, 4) is 5.75 Å². The molecule has 3 nitrogen and oxygen atoms in total. The van der Waals surface area contributed by atoms with Crippen LogP contribution in [0.5, 0.6) is 5.75 Å². The fourth-order valence-electron chi connectivity index (χ4n) is 2.31. The summed E-state index contributed by atoms with van der Waals surface area (Å²) in [4.78, 5) is 12.1. The summed E-state index contributed by atoms with van der Waals surface area (Å²) in [5.74, 6) is 0.150. The summed E-state index contributed by atoms with van der Waals surface area (Å²) in [6.45, 7) is 1.85. The van der Waals surface area contributed by atoms with E-state index >= 15 is 0 Å². The highest BCUT2D eigenvalue weighted by Crippen LogP contribution is 2.16. The Kier molecular flexibility index (Phi) is 6.29. The van der Waals surface area contributed by atoms with Gasteiger partial charge in [-0.25, -0.2) is 0 Å². The first-order chi connectivity index (χ1) is 11.5.